The summed E-state index contributed by atoms with van der Waals surface area (Å²) in [5.74, 6) is 0.470. The number of anilines is 1. The van der Waals surface area contributed by atoms with Crippen molar-refractivity contribution in [2.45, 2.75) is 26.2 Å². The van der Waals surface area contributed by atoms with Gasteiger partial charge in [-0.25, -0.2) is 4.79 Å². The smallest absolute Gasteiger partial charge is 0.317 e. The fraction of sp³-hybridized carbons (Fsp3) is 0.667. The summed E-state index contributed by atoms with van der Waals surface area (Å²) in [6, 6.07) is 8.54. The number of amides is 2. The van der Waals surface area contributed by atoms with E-state index in [0.717, 1.165) is 32.4 Å². The maximum Gasteiger partial charge on any atom is 0.317 e. The number of carbonyl (C=O) groups is 1. The summed E-state index contributed by atoms with van der Waals surface area (Å²) in [4.78, 5) is 16.6. The molecule has 6 nitrogen and oxygen atoms in total. The number of aryl methyl sites for hydroxylation is 1. The molecule has 0 saturated carbocycles. The lowest BCUT2D eigenvalue weighted by Gasteiger charge is -2.38. The number of rotatable bonds is 6. The first-order chi connectivity index (χ1) is 13.0. The molecule has 0 bridgehead atoms. The van der Waals surface area contributed by atoms with E-state index in [0.29, 0.717) is 32.2 Å². The van der Waals surface area contributed by atoms with Gasteiger partial charge in [0.2, 0.25) is 0 Å². The van der Waals surface area contributed by atoms with E-state index < -0.39 is 0 Å². The molecule has 0 aliphatic carbocycles. The molecule has 0 radical (unpaired) electrons. The van der Waals surface area contributed by atoms with Crippen molar-refractivity contribution in [2.75, 3.05) is 57.9 Å². The zero-order valence-electron chi connectivity index (χ0n) is 16.6. The third-order valence-electron chi connectivity index (χ3n) is 6.00. The summed E-state index contributed by atoms with van der Waals surface area (Å²) in [5, 5.41) is 12.9. The molecule has 150 valence electrons. The van der Waals surface area contributed by atoms with E-state index in [4.69, 9.17) is 4.74 Å². The highest BCUT2D eigenvalue weighted by Crippen LogP contribution is 2.30. The van der Waals surface area contributed by atoms with Gasteiger partial charge in [-0.3, -0.25) is 0 Å². The normalized spacial score (nSPS) is 21.9. The van der Waals surface area contributed by atoms with Crippen molar-refractivity contribution in [3.63, 3.8) is 0 Å². The minimum atomic E-state index is -0.223. The van der Waals surface area contributed by atoms with Crippen LogP contribution in [0.5, 0.6) is 0 Å². The molecule has 2 amide bonds. The molecular weight excluding hydrogens is 342 g/mol. The molecule has 0 spiro atoms. The molecule has 2 N–H and O–H groups in total. The van der Waals surface area contributed by atoms with Crippen LogP contribution in [0.3, 0.4) is 0 Å². The number of hydrogen-bond donors (Lipinski definition) is 2. The fourth-order valence-electron chi connectivity index (χ4n) is 4.17. The average molecular weight is 376 g/mol. The summed E-state index contributed by atoms with van der Waals surface area (Å²) in [7, 11) is 1.82. The number of benzene rings is 1. The highest BCUT2D eigenvalue weighted by Gasteiger charge is 2.34. The van der Waals surface area contributed by atoms with Crippen LogP contribution in [0.15, 0.2) is 24.3 Å². The molecule has 2 heterocycles. The molecule has 1 aromatic rings. The Bertz CT molecular complexity index is 631. The number of ether oxygens (including phenoxy) is 1. The Morgan fingerprint density at radius 2 is 2.19 bits per heavy atom. The van der Waals surface area contributed by atoms with Crippen LogP contribution in [-0.4, -0.2) is 69.1 Å². The summed E-state index contributed by atoms with van der Waals surface area (Å²) < 4.78 is 5.40. The molecule has 3 rings (SSSR count). The Kier molecular flexibility index (Phi) is 6.60. The van der Waals surface area contributed by atoms with Gasteiger partial charge in [-0.2, -0.15) is 0 Å². The van der Waals surface area contributed by atoms with Crippen molar-refractivity contribution in [2.24, 2.45) is 11.3 Å². The Morgan fingerprint density at radius 3 is 2.89 bits per heavy atom. The Hall–Kier alpha value is -1.79. The molecule has 6 heteroatoms. The molecule has 2 aliphatic rings. The van der Waals surface area contributed by atoms with Gasteiger partial charge < -0.3 is 25.0 Å². The molecule has 27 heavy (non-hydrogen) atoms. The van der Waals surface area contributed by atoms with E-state index in [2.05, 4.69) is 41.4 Å². The first-order valence-corrected chi connectivity index (χ1v) is 10.0. The van der Waals surface area contributed by atoms with E-state index in [1.165, 1.54) is 11.3 Å². The lowest BCUT2D eigenvalue weighted by molar-refractivity contribution is -0.0261. The second kappa shape index (κ2) is 8.93. The van der Waals surface area contributed by atoms with Crippen LogP contribution in [0.25, 0.3) is 0 Å². The predicted octanol–water partition coefficient (Wildman–Crippen LogP) is 2.25. The number of nitrogens with zero attached hydrogens (tertiary/aromatic N) is 2. The Morgan fingerprint density at radius 1 is 1.41 bits per heavy atom. The van der Waals surface area contributed by atoms with Crippen LogP contribution in [0.2, 0.25) is 0 Å². The Balaban J connectivity index is 1.45. The van der Waals surface area contributed by atoms with E-state index in [1.807, 2.05) is 7.05 Å². The van der Waals surface area contributed by atoms with Crippen molar-refractivity contribution in [3.8, 4) is 0 Å². The van der Waals surface area contributed by atoms with Gasteiger partial charge in [0.1, 0.15) is 0 Å². The lowest BCUT2D eigenvalue weighted by Crippen LogP contribution is -2.48. The monoisotopic (exact) mass is 375 g/mol. The largest absolute Gasteiger partial charge is 0.396 e. The van der Waals surface area contributed by atoms with Gasteiger partial charge in [0.05, 0.1) is 6.61 Å². The third kappa shape index (κ3) is 5.14. The summed E-state index contributed by atoms with van der Waals surface area (Å²) >= 11 is 0. The third-order valence-corrected chi connectivity index (χ3v) is 6.00. The average Bonchev–Trinajstić information content (AvgIpc) is 3.16. The molecule has 0 unspecified atom stereocenters. The van der Waals surface area contributed by atoms with Gasteiger partial charge in [0.25, 0.3) is 0 Å². The summed E-state index contributed by atoms with van der Waals surface area (Å²) in [6.45, 7) is 6.81. The van der Waals surface area contributed by atoms with Crippen molar-refractivity contribution >= 4 is 11.7 Å². The van der Waals surface area contributed by atoms with Gasteiger partial charge >= 0.3 is 6.03 Å². The van der Waals surface area contributed by atoms with Crippen LogP contribution < -0.4 is 10.2 Å². The van der Waals surface area contributed by atoms with Crippen molar-refractivity contribution in [1.29, 1.82) is 0 Å². The number of urea groups is 1. The molecule has 1 aromatic carbocycles. The molecule has 2 saturated heterocycles. The second-order valence-corrected chi connectivity index (χ2v) is 8.25. The molecule has 0 aromatic heterocycles. The first kappa shape index (κ1) is 20.0. The molecule has 1 atom stereocenters. The van der Waals surface area contributed by atoms with Crippen LogP contribution >= 0.6 is 0 Å². The van der Waals surface area contributed by atoms with E-state index in [-0.39, 0.29) is 18.1 Å². The van der Waals surface area contributed by atoms with Crippen LogP contribution in [0, 0.1) is 18.3 Å². The van der Waals surface area contributed by atoms with Gasteiger partial charge in [0.15, 0.2) is 0 Å². The van der Waals surface area contributed by atoms with Gasteiger partial charge in [-0.15, -0.1) is 0 Å². The standard InChI is InChI=1S/C21H33N3O3/c1-17-4-3-5-19(12-17)24-9-6-18(14-24)13-22-20(26)23(2)15-21(16-25)7-10-27-11-8-21/h3-5,12,18,25H,6-11,13-16H2,1-2H3,(H,22,26)/t18-/m0/s1. The highest BCUT2D eigenvalue weighted by molar-refractivity contribution is 5.73. The van der Waals surface area contributed by atoms with Gasteiger partial charge in [-0.05, 0) is 49.8 Å². The number of aliphatic hydroxyl groups is 1. The van der Waals surface area contributed by atoms with Crippen molar-refractivity contribution in [1.82, 2.24) is 10.2 Å². The van der Waals surface area contributed by atoms with Crippen molar-refractivity contribution < 1.29 is 14.6 Å². The first-order valence-electron chi connectivity index (χ1n) is 10.0. The second-order valence-electron chi connectivity index (χ2n) is 8.25. The number of aliphatic hydroxyl groups excluding tert-OH is 1. The number of carbonyl (C=O) groups excluding carboxylic acids is 1. The zero-order chi connectivity index (χ0) is 19.3. The van der Waals surface area contributed by atoms with Crippen molar-refractivity contribution in [3.05, 3.63) is 29.8 Å². The predicted molar refractivity (Wildman–Crippen MR) is 107 cm³/mol. The minimum absolute atomic E-state index is 0.0525. The van der Waals surface area contributed by atoms with Gasteiger partial charge in [0, 0.05) is 57.5 Å². The molecule has 2 fully saturated rings. The summed E-state index contributed by atoms with van der Waals surface area (Å²) in [5.41, 5.74) is 2.32. The van der Waals surface area contributed by atoms with Crippen LogP contribution in [0.1, 0.15) is 24.8 Å². The molecule has 2 aliphatic heterocycles. The van der Waals surface area contributed by atoms with Crippen LogP contribution in [-0.2, 0) is 4.74 Å². The maximum atomic E-state index is 12.5. The van der Waals surface area contributed by atoms with E-state index >= 15 is 0 Å². The highest BCUT2D eigenvalue weighted by atomic mass is 16.5. The summed E-state index contributed by atoms with van der Waals surface area (Å²) in [6.07, 6.45) is 2.69. The van der Waals surface area contributed by atoms with E-state index in [9.17, 15) is 9.90 Å². The topological polar surface area (TPSA) is 65.0 Å². The van der Waals surface area contributed by atoms with E-state index in [1.54, 1.807) is 4.90 Å². The van der Waals surface area contributed by atoms with Gasteiger partial charge in [-0.1, -0.05) is 12.1 Å². The number of nitrogens with one attached hydrogen (secondary N) is 1. The fourth-order valence-corrected chi connectivity index (χ4v) is 4.17. The lowest BCUT2D eigenvalue weighted by atomic mass is 9.80. The maximum absolute atomic E-state index is 12.5. The van der Waals surface area contributed by atoms with Crippen LogP contribution in [0.4, 0.5) is 10.5 Å². The SMILES string of the molecule is Cc1cccc(N2CC[C@@H](CNC(=O)N(C)CC3(CO)CCOCC3)C2)c1. The zero-order valence-corrected chi connectivity index (χ0v) is 16.6. The number of hydrogen-bond acceptors (Lipinski definition) is 4. The molecular formula is C21H33N3O3. The minimum Gasteiger partial charge on any atom is -0.396 e. The Labute approximate surface area is 162 Å². The quantitative estimate of drug-likeness (QED) is 0.800.